The summed E-state index contributed by atoms with van der Waals surface area (Å²) in [6.07, 6.45) is 0. The molecule has 0 saturated carbocycles. The van der Waals surface area contributed by atoms with Crippen LogP contribution in [0.25, 0.3) is 0 Å². The molecule has 1 aromatic rings. The fourth-order valence-corrected chi connectivity index (χ4v) is 1.93. The first-order valence-corrected chi connectivity index (χ1v) is 6.60. The van der Waals surface area contributed by atoms with Gasteiger partial charge in [0.2, 0.25) is 0 Å². The van der Waals surface area contributed by atoms with Gasteiger partial charge in [-0.25, -0.2) is 0 Å². The van der Waals surface area contributed by atoms with E-state index in [-0.39, 0.29) is 0 Å². The van der Waals surface area contributed by atoms with E-state index in [1.54, 1.807) is 0 Å². The summed E-state index contributed by atoms with van der Waals surface area (Å²) in [5.74, 6) is 6.70. The molecule has 0 aliphatic carbocycles. The largest absolute Gasteiger partial charge is 0.492 e. The van der Waals surface area contributed by atoms with Gasteiger partial charge in [0.15, 0.2) is 0 Å². The van der Waals surface area contributed by atoms with E-state index in [1.807, 2.05) is 24.3 Å². The quantitative estimate of drug-likeness (QED) is 0.810. The zero-order valence-corrected chi connectivity index (χ0v) is 11.1. The van der Waals surface area contributed by atoms with Crippen LogP contribution in [0.2, 0.25) is 0 Å². The van der Waals surface area contributed by atoms with Crippen LogP contribution in [0, 0.1) is 11.8 Å². The average Bonchev–Trinajstić information content (AvgIpc) is 2.47. The van der Waals surface area contributed by atoms with Crippen LogP contribution >= 0.6 is 0 Å². The lowest BCUT2D eigenvalue weighted by Gasteiger charge is -2.26. The van der Waals surface area contributed by atoms with E-state index < -0.39 is 0 Å². The fraction of sp³-hybridized carbons (Fsp3) is 0.467. The van der Waals surface area contributed by atoms with Gasteiger partial charge >= 0.3 is 0 Å². The van der Waals surface area contributed by atoms with E-state index in [4.69, 9.17) is 15.2 Å². The Hall–Kier alpha value is -1.54. The minimum Gasteiger partial charge on any atom is -0.492 e. The molecule has 1 fully saturated rings. The Morgan fingerprint density at radius 1 is 1.32 bits per heavy atom. The van der Waals surface area contributed by atoms with Crippen molar-refractivity contribution < 1.29 is 9.47 Å². The first kappa shape index (κ1) is 13.9. The van der Waals surface area contributed by atoms with E-state index >= 15 is 0 Å². The second kappa shape index (κ2) is 7.80. The molecule has 1 aliphatic rings. The third kappa shape index (κ3) is 4.92. The van der Waals surface area contributed by atoms with Gasteiger partial charge in [-0.05, 0) is 18.2 Å². The van der Waals surface area contributed by atoms with Crippen molar-refractivity contribution >= 4 is 0 Å². The lowest BCUT2D eigenvalue weighted by Crippen LogP contribution is -2.38. The van der Waals surface area contributed by atoms with Crippen LogP contribution in [-0.4, -0.2) is 50.9 Å². The van der Waals surface area contributed by atoms with Crippen molar-refractivity contribution in [2.24, 2.45) is 5.73 Å². The summed E-state index contributed by atoms with van der Waals surface area (Å²) in [6, 6.07) is 7.80. The second-order valence-corrected chi connectivity index (χ2v) is 4.34. The molecule has 2 N–H and O–H groups in total. The number of morpholine rings is 1. The maximum Gasteiger partial charge on any atom is 0.120 e. The van der Waals surface area contributed by atoms with Crippen LogP contribution in [0.4, 0.5) is 0 Å². The summed E-state index contributed by atoms with van der Waals surface area (Å²) in [5.41, 5.74) is 6.30. The van der Waals surface area contributed by atoms with E-state index in [0.717, 1.165) is 44.2 Å². The average molecular weight is 260 g/mol. The lowest BCUT2D eigenvalue weighted by molar-refractivity contribution is 0.0322. The Labute approximate surface area is 114 Å². The van der Waals surface area contributed by atoms with Gasteiger partial charge in [-0.1, -0.05) is 17.9 Å². The van der Waals surface area contributed by atoms with Gasteiger partial charge in [-0.15, -0.1) is 0 Å². The molecule has 19 heavy (non-hydrogen) atoms. The molecule has 1 aromatic carbocycles. The first-order chi connectivity index (χ1) is 9.38. The highest BCUT2D eigenvalue weighted by Crippen LogP contribution is 2.12. The van der Waals surface area contributed by atoms with E-state index in [1.165, 1.54) is 0 Å². The molecule has 102 valence electrons. The summed E-state index contributed by atoms with van der Waals surface area (Å²) in [7, 11) is 0. The van der Waals surface area contributed by atoms with Crippen molar-refractivity contribution in [1.29, 1.82) is 0 Å². The molecule has 0 bridgehead atoms. The van der Waals surface area contributed by atoms with Gasteiger partial charge in [-0.2, -0.15) is 0 Å². The van der Waals surface area contributed by atoms with Gasteiger partial charge in [-0.3, -0.25) is 4.90 Å². The molecular formula is C15H20N2O2. The minimum atomic E-state index is 0.377. The Morgan fingerprint density at radius 2 is 2.16 bits per heavy atom. The highest BCUT2D eigenvalue weighted by atomic mass is 16.5. The van der Waals surface area contributed by atoms with Crippen LogP contribution in [0.1, 0.15) is 5.56 Å². The summed E-state index contributed by atoms with van der Waals surface area (Å²) < 4.78 is 11.1. The Bertz CT molecular complexity index is 445. The zero-order valence-electron chi connectivity index (χ0n) is 11.1. The zero-order chi connectivity index (χ0) is 13.3. The second-order valence-electron chi connectivity index (χ2n) is 4.34. The van der Waals surface area contributed by atoms with E-state index in [2.05, 4.69) is 16.7 Å². The topological polar surface area (TPSA) is 47.7 Å². The third-order valence-corrected chi connectivity index (χ3v) is 2.95. The van der Waals surface area contributed by atoms with Crippen molar-refractivity contribution in [3.05, 3.63) is 29.8 Å². The number of hydrogen-bond donors (Lipinski definition) is 1. The highest BCUT2D eigenvalue weighted by molar-refractivity contribution is 5.39. The summed E-state index contributed by atoms with van der Waals surface area (Å²) >= 11 is 0. The number of rotatable bonds is 4. The van der Waals surface area contributed by atoms with Crippen molar-refractivity contribution in [1.82, 2.24) is 4.90 Å². The summed E-state index contributed by atoms with van der Waals surface area (Å²) in [6.45, 7) is 5.63. The standard InChI is InChI=1S/C15H20N2O2/c16-6-2-4-14-3-1-5-15(13-14)19-12-9-17-7-10-18-11-8-17/h1,3,5,13H,6-12,16H2. The number of nitrogens with two attached hydrogens (primary N) is 1. The van der Waals surface area contributed by atoms with Gasteiger partial charge in [0.1, 0.15) is 12.4 Å². The Balaban J connectivity index is 1.78. The molecule has 4 nitrogen and oxygen atoms in total. The van der Waals surface area contributed by atoms with Crippen molar-refractivity contribution in [2.45, 2.75) is 0 Å². The predicted molar refractivity (Wildman–Crippen MR) is 75.1 cm³/mol. The molecule has 1 saturated heterocycles. The molecule has 0 unspecified atom stereocenters. The highest BCUT2D eigenvalue weighted by Gasteiger charge is 2.09. The first-order valence-electron chi connectivity index (χ1n) is 6.60. The molecule has 2 rings (SSSR count). The molecule has 0 radical (unpaired) electrons. The lowest BCUT2D eigenvalue weighted by atomic mass is 10.2. The number of benzene rings is 1. The SMILES string of the molecule is NCC#Cc1cccc(OCCN2CCOCC2)c1. The van der Waals surface area contributed by atoms with Crippen LogP contribution in [0.3, 0.4) is 0 Å². The van der Waals surface area contributed by atoms with Gasteiger partial charge in [0, 0.05) is 25.2 Å². The number of ether oxygens (including phenoxy) is 2. The van der Waals surface area contributed by atoms with Crippen LogP contribution < -0.4 is 10.5 Å². The monoisotopic (exact) mass is 260 g/mol. The van der Waals surface area contributed by atoms with Gasteiger partial charge in [0.25, 0.3) is 0 Å². The summed E-state index contributed by atoms with van der Waals surface area (Å²) in [5, 5.41) is 0. The van der Waals surface area contributed by atoms with Gasteiger partial charge in [0.05, 0.1) is 19.8 Å². The molecule has 0 amide bonds. The molecule has 1 aliphatic heterocycles. The maximum absolute atomic E-state index is 5.75. The Kier molecular flexibility index (Phi) is 5.70. The Morgan fingerprint density at radius 3 is 2.95 bits per heavy atom. The van der Waals surface area contributed by atoms with Crippen LogP contribution in [0.5, 0.6) is 5.75 Å². The smallest absolute Gasteiger partial charge is 0.120 e. The van der Waals surface area contributed by atoms with Crippen molar-refractivity contribution in [3.8, 4) is 17.6 Å². The molecule has 0 spiro atoms. The maximum atomic E-state index is 5.75. The normalized spacial score (nSPS) is 15.6. The molecule has 0 aromatic heterocycles. The van der Waals surface area contributed by atoms with Crippen LogP contribution in [-0.2, 0) is 4.74 Å². The van der Waals surface area contributed by atoms with Crippen molar-refractivity contribution in [2.75, 3.05) is 46.0 Å². The van der Waals surface area contributed by atoms with Crippen LogP contribution in [0.15, 0.2) is 24.3 Å². The number of hydrogen-bond acceptors (Lipinski definition) is 4. The molecule has 0 atom stereocenters. The summed E-state index contributed by atoms with van der Waals surface area (Å²) in [4.78, 5) is 2.35. The molecule has 4 heteroatoms. The molecular weight excluding hydrogens is 240 g/mol. The van der Waals surface area contributed by atoms with Crippen molar-refractivity contribution in [3.63, 3.8) is 0 Å². The van der Waals surface area contributed by atoms with E-state index in [9.17, 15) is 0 Å². The molecule has 1 heterocycles. The predicted octanol–water partition coefficient (Wildman–Crippen LogP) is 0.708. The van der Waals surface area contributed by atoms with E-state index in [0.29, 0.717) is 13.2 Å². The minimum absolute atomic E-state index is 0.377. The fourth-order valence-electron chi connectivity index (χ4n) is 1.93. The number of nitrogens with zero attached hydrogens (tertiary/aromatic N) is 1. The van der Waals surface area contributed by atoms with Gasteiger partial charge < -0.3 is 15.2 Å². The third-order valence-electron chi connectivity index (χ3n) is 2.95.